The Morgan fingerprint density at radius 3 is 2.20 bits per heavy atom. The van der Waals surface area contributed by atoms with Gasteiger partial charge in [0.2, 0.25) is 5.91 Å². The number of hydrogen-bond donors (Lipinski definition) is 1. The number of nitrogens with one attached hydrogen (secondary N) is 1. The third-order valence-corrected chi connectivity index (χ3v) is 2.10. The number of rotatable bonds is 4. The van der Waals surface area contributed by atoms with Gasteiger partial charge in [-0.2, -0.15) is 0 Å². The number of halogens is 1. The third kappa shape index (κ3) is 11.3. The van der Waals surface area contributed by atoms with Crippen LogP contribution in [0.2, 0.25) is 0 Å². The Labute approximate surface area is 122 Å². The molecule has 112 valence electrons. The highest BCUT2D eigenvalue weighted by atomic mass is 19.1. The second kappa shape index (κ2) is 15.2. The summed E-state index contributed by atoms with van der Waals surface area (Å²) in [5.41, 5.74) is 0.957. The molecular weight excluding hydrogens is 253 g/mol. The molecule has 0 saturated heterocycles. The van der Waals surface area contributed by atoms with Crippen LogP contribution >= 0.6 is 0 Å². The third-order valence-electron chi connectivity index (χ3n) is 2.10. The van der Waals surface area contributed by atoms with Gasteiger partial charge in [-0.25, -0.2) is 4.39 Å². The van der Waals surface area contributed by atoms with Crippen molar-refractivity contribution in [2.45, 2.75) is 47.5 Å². The number of aryl methyl sites for hydroxylation is 1. The van der Waals surface area contributed by atoms with Gasteiger partial charge in [0.1, 0.15) is 5.82 Å². The summed E-state index contributed by atoms with van der Waals surface area (Å²) in [5, 5.41) is 2.68. The van der Waals surface area contributed by atoms with Crippen molar-refractivity contribution in [3.63, 3.8) is 0 Å². The molecule has 0 fully saturated rings. The average molecular weight is 279 g/mol. The van der Waals surface area contributed by atoms with Crippen molar-refractivity contribution in [3.05, 3.63) is 35.6 Å². The van der Waals surface area contributed by atoms with E-state index in [9.17, 15) is 9.18 Å². The lowest BCUT2D eigenvalue weighted by molar-refractivity contribution is -0.120. The van der Waals surface area contributed by atoms with Crippen LogP contribution in [0.5, 0.6) is 0 Å². The molecule has 0 aromatic heterocycles. The standard InChI is InChI=1S/C13H14FNO.2C2H6/c1-2-3-10-15-13(16)9-6-11-4-7-12(14)8-5-11;2*1-2/h4-5,7-8H,6,9-10H2,1H3,(H,15,16);2*1-2H3. The maximum Gasteiger partial charge on any atom is 0.221 e. The zero-order chi connectivity index (χ0) is 15.8. The average Bonchev–Trinajstić information content (AvgIpc) is 2.51. The van der Waals surface area contributed by atoms with E-state index in [-0.39, 0.29) is 11.7 Å². The van der Waals surface area contributed by atoms with Crippen molar-refractivity contribution in [1.82, 2.24) is 5.32 Å². The lowest BCUT2D eigenvalue weighted by Gasteiger charge is -2.01. The topological polar surface area (TPSA) is 29.1 Å². The van der Waals surface area contributed by atoms with E-state index in [0.717, 1.165) is 5.56 Å². The maximum atomic E-state index is 12.6. The molecule has 1 aromatic rings. The Kier molecular flexibility index (Phi) is 15.6. The minimum Gasteiger partial charge on any atom is -0.345 e. The first-order valence-electron chi connectivity index (χ1n) is 7.13. The first-order chi connectivity index (χ1) is 9.72. The predicted octanol–water partition coefficient (Wildman–Crippen LogP) is 3.95. The highest BCUT2D eigenvalue weighted by Gasteiger charge is 2.00. The predicted molar refractivity (Wildman–Crippen MR) is 83.9 cm³/mol. The highest BCUT2D eigenvalue weighted by molar-refractivity contribution is 5.76. The number of hydrogen-bond acceptors (Lipinski definition) is 1. The first-order valence-corrected chi connectivity index (χ1v) is 7.13. The van der Waals surface area contributed by atoms with Crippen molar-refractivity contribution in [2.24, 2.45) is 0 Å². The first kappa shape index (κ1) is 20.5. The summed E-state index contributed by atoms with van der Waals surface area (Å²) in [6.07, 6.45) is 1.02. The summed E-state index contributed by atoms with van der Waals surface area (Å²) in [6.45, 7) is 10.1. The molecule has 1 aromatic carbocycles. The molecule has 0 spiro atoms. The molecule has 0 bridgehead atoms. The summed E-state index contributed by atoms with van der Waals surface area (Å²) in [7, 11) is 0. The molecule has 1 rings (SSSR count). The maximum absolute atomic E-state index is 12.6. The van der Waals surface area contributed by atoms with E-state index in [1.807, 2.05) is 27.7 Å². The number of carbonyl (C=O) groups is 1. The summed E-state index contributed by atoms with van der Waals surface area (Å²) < 4.78 is 12.6. The van der Waals surface area contributed by atoms with Gasteiger partial charge < -0.3 is 5.32 Å². The smallest absolute Gasteiger partial charge is 0.221 e. The van der Waals surface area contributed by atoms with Gasteiger partial charge in [-0.15, -0.1) is 5.92 Å². The number of amides is 1. The highest BCUT2D eigenvalue weighted by Crippen LogP contribution is 2.05. The van der Waals surface area contributed by atoms with E-state index in [4.69, 9.17) is 0 Å². The summed E-state index contributed by atoms with van der Waals surface area (Å²) in [5.74, 6) is 5.16. The summed E-state index contributed by atoms with van der Waals surface area (Å²) >= 11 is 0. The van der Waals surface area contributed by atoms with Gasteiger partial charge in [-0.05, 0) is 31.0 Å². The van der Waals surface area contributed by atoms with Gasteiger partial charge >= 0.3 is 0 Å². The monoisotopic (exact) mass is 279 g/mol. The Balaban J connectivity index is 0. The SMILES string of the molecule is CC.CC.CC#CCNC(=O)CCc1ccc(F)cc1. The van der Waals surface area contributed by atoms with Crippen LogP contribution in [-0.2, 0) is 11.2 Å². The van der Waals surface area contributed by atoms with Crippen LogP contribution in [0.3, 0.4) is 0 Å². The summed E-state index contributed by atoms with van der Waals surface area (Å²) in [4.78, 5) is 11.3. The second-order valence-corrected chi connectivity index (χ2v) is 3.33. The molecule has 0 saturated carbocycles. The van der Waals surface area contributed by atoms with Crippen LogP contribution in [0.4, 0.5) is 4.39 Å². The van der Waals surface area contributed by atoms with Crippen LogP contribution in [0, 0.1) is 17.7 Å². The van der Waals surface area contributed by atoms with Gasteiger partial charge in [-0.3, -0.25) is 4.79 Å². The van der Waals surface area contributed by atoms with E-state index in [0.29, 0.717) is 19.4 Å². The van der Waals surface area contributed by atoms with E-state index < -0.39 is 0 Å². The fraction of sp³-hybridized carbons (Fsp3) is 0.471. The molecule has 20 heavy (non-hydrogen) atoms. The van der Waals surface area contributed by atoms with Crippen LogP contribution in [-0.4, -0.2) is 12.5 Å². The van der Waals surface area contributed by atoms with Gasteiger partial charge in [-0.1, -0.05) is 45.7 Å². The lowest BCUT2D eigenvalue weighted by Crippen LogP contribution is -2.23. The fourth-order valence-electron chi connectivity index (χ4n) is 1.23. The van der Waals surface area contributed by atoms with Gasteiger partial charge in [0.15, 0.2) is 0 Å². The fourth-order valence-corrected chi connectivity index (χ4v) is 1.23. The molecule has 1 N–H and O–H groups in total. The van der Waals surface area contributed by atoms with E-state index in [1.165, 1.54) is 12.1 Å². The van der Waals surface area contributed by atoms with Gasteiger partial charge in [0.25, 0.3) is 0 Å². The summed E-state index contributed by atoms with van der Waals surface area (Å²) in [6, 6.07) is 6.18. The minimum atomic E-state index is -0.258. The quantitative estimate of drug-likeness (QED) is 0.831. The molecule has 0 radical (unpaired) electrons. The Morgan fingerprint density at radius 1 is 1.15 bits per heavy atom. The van der Waals surface area contributed by atoms with Crippen molar-refractivity contribution in [2.75, 3.05) is 6.54 Å². The van der Waals surface area contributed by atoms with Crippen LogP contribution in [0.25, 0.3) is 0 Å². The van der Waals surface area contributed by atoms with Crippen LogP contribution < -0.4 is 5.32 Å². The van der Waals surface area contributed by atoms with Crippen molar-refractivity contribution in [3.8, 4) is 11.8 Å². The minimum absolute atomic E-state index is 0.0351. The molecule has 2 nitrogen and oxygen atoms in total. The van der Waals surface area contributed by atoms with Crippen molar-refractivity contribution in [1.29, 1.82) is 0 Å². The number of benzene rings is 1. The largest absolute Gasteiger partial charge is 0.345 e. The normalized spacial score (nSPS) is 7.90. The van der Waals surface area contributed by atoms with E-state index >= 15 is 0 Å². The van der Waals surface area contributed by atoms with Crippen LogP contribution in [0.15, 0.2) is 24.3 Å². The van der Waals surface area contributed by atoms with Crippen molar-refractivity contribution < 1.29 is 9.18 Å². The molecule has 0 unspecified atom stereocenters. The second-order valence-electron chi connectivity index (χ2n) is 3.33. The number of carbonyl (C=O) groups excluding carboxylic acids is 1. The van der Waals surface area contributed by atoms with Gasteiger partial charge in [0, 0.05) is 6.42 Å². The zero-order valence-corrected chi connectivity index (χ0v) is 13.2. The molecule has 0 heterocycles. The van der Waals surface area contributed by atoms with Crippen LogP contribution in [0.1, 0.15) is 46.6 Å². The molecule has 0 aliphatic carbocycles. The molecule has 1 amide bonds. The zero-order valence-electron chi connectivity index (χ0n) is 13.2. The van der Waals surface area contributed by atoms with E-state index in [1.54, 1.807) is 19.1 Å². The van der Waals surface area contributed by atoms with E-state index in [2.05, 4.69) is 17.2 Å². The van der Waals surface area contributed by atoms with Gasteiger partial charge in [0.05, 0.1) is 6.54 Å². The lowest BCUT2D eigenvalue weighted by atomic mass is 10.1. The molecule has 0 aliphatic rings. The molecule has 0 atom stereocenters. The molecule has 3 heteroatoms. The Morgan fingerprint density at radius 2 is 1.70 bits per heavy atom. The van der Waals surface area contributed by atoms with Crippen molar-refractivity contribution >= 4 is 5.91 Å². The Bertz CT molecular complexity index is 401. The molecular formula is C17H26FNO. The Hall–Kier alpha value is -1.82. The molecule has 0 aliphatic heterocycles.